The molecular formula is C13H14N4O4. The average Bonchev–Trinajstić information content (AvgIpc) is 2.83. The monoisotopic (exact) mass is 290 g/mol. The molecule has 21 heavy (non-hydrogen) atoms. The Morgan fingerprint density at radius 3 is 2.86 bits per heavy atom. The Kier molecular flexibility index (Phi) is 4.17. The van der Waals surface area contributed by atoms with Crippen LogP contribution in [0.2, 0.25) is 0 Å². The summed E-state index contributed by atoms with van der Waals surface area (Å²) in [5.41, 5.74) is 0.438. The van der Waals surface area contributed by atoms with E-state index in [1.54, 1.807) is 17.9 Å². The zero-order chi connectivity index (χ0) is 15.4. The third-order valence-corrected chi connectivity index (χ3v) is 2.94. The Bertz CT molecular complexity index is 681. The highest BCUT2D eigenvalue weighted by Crippen LogP contribution is 2.28. The summed E-state index contributed by atoms with van der Waals surface area (Å²) in [5.74, 6) is -1.32. The topological polar surface area (TPSA) is 110 Å². The number of carbonyl (C=O) groups is 1. The maximum absolute atomic E-state index is 11.1. The summed E-state index contributed by atoms with van der Waals surface area (Å²) in [7, 11) is 1.80. The number of hydrogen-bond acceptors (Lipinski definition) is 5. The summed E-state index contributed by atoms with van der Waals surface area (Å²) < 4.78 is 1.67. The number of para-hydroxylation sites is 1. The van der Waals surface area contributed by atoms with Crippen LogP contribution in [0.3, 0.4) is 0 Å². The van der Waals surface area contributed by atoms with Crippen LogP contribution in [0.4, 0.5) is 11.4 Å². The summed E-state index contributed by atoms with van der Waals surface area (Å²) in [4.78, 5) is 21.4. The van der Waals surface area contributed by atoms with Crippen molar-refractivity contribution in [1.29, 1.82) is 0 Å². The molecule has 1 aromatic carbocycles. The van der Waals surface area contributed by atoms with Crippen molar-refractivity contribution < 1.29 is 14.8 Å². The largest absolute Gasteiger partial charge is 0.477 e. The van der Waals surface area contributed by atoms with Crippen molar-refractivity contribution in [3.05, 3.63) is 51.8 Å². The summed E-state index contributed by atoms with van der Waals surface area (Å²) in [6.07, 6.45) is 4.19. The van der Waals surface area contributed by atoms with Gasteiger partial charge in [0.05, 0.1) is 11.1 Å². The third-order valence-electron chi connectivity index (χ3n) is 2.94. The Labute approximate surface area is 120 Å². The van der Waals surface area contributed by atoms with E-state index >= 15 is 0 Å². The number of hydrogen-bond donors (Lipinski definition) is 2. The molecule has 8 heteroatoms. The Balaban J connectivity index is 2.14. The molecule has 0 unspecified atom stereocenters. The summed E-state index contributed by atoms with van der Waals surface area (Å²) in [6, 6.07) is 4.18. The van der Waals surface area contributed by atoms with E-state index in [0.29, 0.717) is 13.0 Å². The van der Waals surface area contributed by atoms with Gasteiger partial charge in [-0.2, -0.15) is 5.10 Å². The Morgan fingerprint density at radius 1 is 1.52 bits per heavy atom. The number of anilines is 1. The van der Waals surface area contributed by atoms with Crippen LogP contribution in [0.1, 0.15) is 15.9 Å². The quantitative estimate of drug-likeness (QED) is 0.618. The molecule has 1 heterocycles. The minimum Gasteiger partial charge on any atom is -0.477 e. The Morgan fingerprint density at radius 2 is 2.29 bits per heavy atom. The molecule has 2 rings (SSSR count). The number of aromatic carboxylic acids is 1. The number of aryl methyl sites for hydroxylation is 1. The normalized spacial score (nSPS) is 10.3. The second-order valence-electron chi connectivity index (χ2n) is 4.46. The number of nitrogens with one attached hydrogen (secondary N) is 1. The molecule has 110 valence electrons. The van der Waals surface area contributed by atoms with E-state index in [1.807, 2.05) is 6.20 Å². The number of carboxylic acid groups (broad SMARTS) is 1. The molecule has 0 radical (unpaired) electrons. The van der Waals surface area contributed by atoms with Gasteiger partial charge in [-0.25, -0.2) is 4.79 Å². The third kappa shape index (κ3) is 3.35. The van der Waals surface area contributed by atoms with Gasteiger partial charge in [0.1, 0.15) is 11.3 Å². The van der Waals surface area contributed by atoms with Crippen LogP contribution in [0.25, 0.3) is 0 Å². The van der Waals surface area contributed by atoms with Gasteiger partial charge >= 0.3 is 11.7 Å². The fraction of sp³-hybridized carbons (Fsp3) is 0.231. The maximum atomic E-state index is 11.1. The highest BCUT2D eigenvalue weighted by atomic mass is 16.6. The van der Waals surface area contributed by atoms with Crippen molar-refractivity contribution in [3.8, 4) is 0 Å². The lowest BCUT2D eigenvalue weighted by molar-refractivity contribution is -0.384. The standard InChI is InChI=1S/C13H14N4O4/c1-16-8-9(7-15-16)5-6-14-11-4-2-3-10(13(18)19)12(11)17(20)21/h2-4,7-8,14H,5-6H2,1H3,(H,18,19). The van der Waals surface area contributed by atoms with E-state index in [-0.39, 0.29) is 11.3 Å². The zero-order valence-electron chi connectivity index (χ0n) is 11.3. The summed E-state index contributed by atoms with van der Waals surface area (Å²) in [5, 5.41) is 27.0. The minimum absolute atomic E-state index is 0.198. The molecule has 0 fully saturated rings. The molecule has 0 bridgehead atoms. The molecule has 0 amide bonds. The van der Waals surface area contributed by atoms with Gasteiger partial charge in [-0.3, -0.25) is 14.8 Å². The first-order valence-electron chi connectivity index (χ1n) is 6.21. The fourth-order valence-corrected chi connectivity index (χ4v) is 2.00. The van der Waals surface area contributed by atoms with Gasteiger partial charge in [0, 0.05) is 19.8 Å². The predicted molar refractivity (Wildman–Crippen MR) is 75.5 cm³/mol. The van der Waals surface area contributed by atoms with E-state index in [2.05, 4.69) is 10.4 Å². The molecule has 0 spiro atoms. The first kappa shape index (κ1) is 14.5. The predicted octanol–water partition coefficient (Wildman–Crippen LogP) is 1.68. The molecule has 0 aliphatic heterocycles. The van der Waals surface area contributed by atoms with Gasteiger partial charge in [-0.1, -0.05) is 6.07 Å². The number of nitro benzene ring substituents is 1. The second kappa shape index (κ2) is 6.04. The fourth-order valence-electron chi connectivity index (χ4n) is 2.00. The molecule has 0 atom stereocenters. The van der Waals surface area contributed by atoms with Crippen molar-refractivity contribution in [2.45, 2.75) is 6.42 Å². The molecule has 2 aromatic rings. The molecule has 2 N–H and O–H groups in total. The van der Waals surface area contributed by atoms with Gasteiger partial charge in [-0.15, -0.1) is 0 Å². The van der Waals surface area contributed by atoms with Crippen molar-refractivity contribution in [3.63, 3.8) is 0 Å². The van der Waals surface area contributed by atoms with Crippen LogP contribution in [-0.2, 0) is 13.5 Å². The van der Waals surface area contributed by atoms with Crippen LogP contribution >= 0.6 is 0 Å². The van der Waals surface area contributed by atoms with Crippen LogP contribution in [0, 0.1) is 10.1 Å². The first-order chi connectivity index (χ1) is 9.99. The van der Waals surface area contributed by atoms with Gasteiger partial charge in [0.2, 0.25) is 0 Å². The number of aromatic nitrogens is 2. The SMILES string of the molecule is Cn1cc(CCNc2cccc(C(=O)O)c2[N+](=O)[O-])cn1. The van der Waals surface area contributed by atoms with Crippen molar-refractivity contribution >= 4 is 17.3 Å². The highest BCUT2D eigenvalue weighted by molar-refractivity contribution is 5.95. The van der Waals surface area contributed by atoms with Crippen LogP contribution < -0.4 is 5.32 Å². The minimum atomic E-state index is -1.32. The number of nitro groups is 1. The molecule has 8 nitrogen and oxygen atoms in total. The number of rotatable bonds is 6. The molecule has 0 saturated carbocycles. The summed E-state index contributed by atoms with van der Waals surface area (Å²) >= 11 is 0. The van der Waals surface area contributed by atoms with E-state index < -0.39 is 16.6 Å². The van der Waals surface area contributed by atoms with Crippen LogP contribution in [-0.4, -0.2) is 32.3 Å². The highest BCUT2D eigenvalue weighted by Gasteiger charge is 2.23. The van der Waals surface area contributed by atoms with E-state index in [9.17, 15) is 14.9 Å². The van der Waals surface area contributed by atoms with Gasteiger partial charge < -0.3 is 10.4 Å². The zero-order valence-corrected chi connectivity index (χ0v) is 11.3. The summed E-state index contributed by atoms with van der Waals surface area (Å²) in [6.45, 7) is 0.440. The van der Waals surface area contributed by atoms with Gasteiger partial charge in [0.25, 0.3) is 0 Å². The van der Waals surface area contributed by atoms with Gasteiger partial charge in [-0.05, 0) is 24.1 Å². The lowest BCUT2D eigenvalue weighted by Gasteiger charge is -2.08. The number of nitrogens with zero attached hydrogens (tertiary/aromatic N) is 3. The number of benzene rings is 1. The first-order valence-corrected chi connectivity index (χ1v) is 6.21. The lowest BCUT2D eigenvalue weighted by Crippen LogP contribution is -2.10. The molecule has 0 aliphatic carbocycles. The lowest BCUT2D eigenvalue weighted by atomic mass is 10.1. The van der Waals surface area contributed by atoms with Crippen molar-refractivity contribution in [2.75, 3.05) is 11.9 Å². The van der Waals surface area contributed by atoms with Crippen LogP contribution in [0.15, 0.2) is 30.6 Å². The van der Waals surface area contributed by atoms with Crippen LogP contribution in [0.5, 0.6) is 0 Å². The number of carboxylic acids is 1. The molecule has 0 saturated heterocycles. The van der Waals surface area contributed by atoms with E-state index in [0.717, 1.165) is 5.56 Å². The molecule has 0 aliphatic rings. The van der Waals surface area contributed by atoms with Gasteiger partial charge in [0.15, 0.2) is 0 Å². The maximum Gasteiger partial charge on any atom is 0.342 e. The van der Waals surface area contributed by atoms with Crippen molar-refractivity contribution in [1.82, 2.24) is 9.78 Å². The van der Waals surface area contributed by atoms with E-state index in [1.165, 1.54) is 18.2 Å². The van der Waals surface area contributed by atoms with E-state index in [4.69, 9.17) is 5.11 Å². The Hall–Kier alpha value is -2.90. The molecule has 1 aromatic heterocycles. The second-order valence-corrected chi connectivity index (χ2v) is 4.46. The van der Waals surface area contributed by atoms with Crippen molar-refractivity contribution in [2.24, 2.45) is 7.05 Å². The smallest absolute Gasteiger partial charge is 0.342 e. The average molecular weight is 290 g/mol. The molecular weight excluding hydrogens is 276 g/mol.